The van der Waals surface area contributed by atoms with Crippen molar-refractivity contribution in [1.29, 1.82) is 0 Å². The summed E-state index contributed by atoms with van der Waals surface area (Å²) in [6.07, 6.45) is 0. The number of nitrogens with zero attached hydrogens (tertiary/aromatic N) is 2. The normalized spacial score (nSPS) is 10.6. The third-order valence-corrected chi connectivity index (χ3v) is 2.10. The van der Waals surface area contributed by atoms with Crippen molar-refractivity contribution in [3.05, 3.63) is 33.7 Å². The molecule has 0 aliphatic carbocycles. The summed E-state index contributed by atoms with van der Waals surface area (Å²) in [4.78, 5) is 12.3. The predicted octanol–water partition coefficient (Wildman–Crippen LogP) is 2.20. The minimum absolute atomic E-state index is 0.137. The fourth-order valence-corrected chi connectivity index (χ4v) is 1.36. The molecule has 0 saturated heterocycles. The van der Waals surface area contributed by atoms with Gasteiger partial charge in [-0.05, 0) is 25.7 Å². The van der Waals surface area contributed by atoms with Crippen LogP contribution in [0.15, 0.2) is 18.2 Å². The van der Waals surface area contributed by atoms with Gasteiger partial charge < -0.3 is 4.90 Å². The highest BCUT2D eigenvalue weighted by Gasteiger charge is 2.13. The van der Waals surface area contributed by atoms with Crippen LogP contribution in [-0.2, 0) is 6.54 Å². The van der Waals surface area contributed by atoms with Crippen LogP contribution in [0.25, 0.3) is 0 Å². The molecule has 14 heavy (non-hydrogen) atoms. The zero-order valence-electron chi connectivity index (χ0n) is 8.07. The Labute approximate surface area is 87.2 Å². The van der Waals surface area contributed by atoms with E-state index < -0.39 is 0 Å². The van der Waals surface area contributed by atoms with Crippen LogP contribution in [0, 0.1) is 4.91 Å². The molecule has 0 spiro atoms. The van der Waals surface area contributed by atoms with E-state index in [2.05, 4.69) is 0 Å². The molecule has 0 aliphatic heterocycles. The molecule has 0 aliphatic rings. The Morgan fingerprint density at radius 2 is 2.14 bits per heavy atom. The second-order valence-corrected chi connectivity index (χ2v) is 3.69. The van der Waals surface area contributed by atoms with E-state index in [0.29, 0.717) is 11.6 Å². The van der Waals surface area contributed by atoms with Gasteiger partial charge in [-0.1, -0.05) is 11.6 Å². The lowest BCUT2D eigenvalue weighted by Gasteiger charge is -2.10. The van der Waals surface area contributed by atoms with Crippen LogP contribution in [-0.4, -0.2) is 29.1 Å². The molecule has 0 atom stereocenters. The first-order valence-electron chi connectivity index (χ1n) is 4.10. The molecular formula is C9H12ClN2O2+. The third kappa shape index (κ3) is 2.68. The summed E-state index contributed by atoms with van der Waals surface area (Å²) in [6, 6.07) is 4.68. The van der Waals surface area contributed by atoms with Crippen LogP contribution in [0.3, 0.4) is 0 Å². The number of rotatable bonds is 3. The Hall–Kier alpha value is -1.13. The van der Waals surface area contributed by atoms with Gasteiger partial charge in [-0.2, -0.15) is 0 Å². The van der Waals surface area contributed by atoms with Gasteiger partial charge in [0.1, 0.15) is 0 Å². The number of benzene rings is 1. The maximum Gasteiger partial charge on any atom is 0.318 e. The van der Waals surface area contributed by atoms with Crippen molar-refractivity contribution in [2.45, 2.75) is 6.54 Å². The van der Waals surface area contributed by atoms with Crippen molar-refractivity contribution in [1.82, 2.24) is 4.90 Å². The largest absolute Gasteiger partial charge is 0.318 e. The molecule has 4 nitrogen and oxygen atoms in total. The van der Waals surface area contributed by atoms with Gasteiger partial charge in [0.2, 0.25) is 0 Å². The summed E-state index contributed by atoms with van der Waals surface area (Å²) in [7, 11) is 3.85. The van der Waals surface area contributed by atoms with E-state index in [1.807, 2.05) is 19.0 Å². The van der Waals surface area contributed by atoms with Crippen molar-refractivity contribution in [3.8, 4) is 0 Å². The van der Waals surface area contributed by atoms with Gasteiger partial charge in [0, 0.05) is 18.7 Å². The topological polar surface area (TPSA) is 43.5 Å². The molecule has 0 heterocycles. The van der Waals surface area contributed by atoms with E-state index in [4.69, 9.17) is 16.8 Å². The summed E-state index contributed by atoms with van der Waals surface area (Å²) in [5.74, 6) is 0. The average molecular weight is 216 g/mol. The lowest BCUT2D eigenvalue weighted by atomic mass is 10.2. The zero-order chi connectivity index (χ0) is 10.7. The van der Waals surface area contributed by atoms with Gasteiger partial charge in [0.05, 0.1) is 9.93 Å². The van der Waals surface area contributed by atoms with Crippen LogP contribution in [0.5, 0.6) is 0 Å². The average Bonchev–Trinajstić information content (AvgIpc) is 2.07. The summed E-state index contributed by atoms with van der Waals surface area (Å²) in [5.41, 5.74) is 1.06. The fraction of sp³-hybridized carbons (Fsp3) is 0.333. The Kier molecular flexibility index (Phi) is 3.43. The molecule has 0 radical (unpaired) electrons. The molecule has 76 valence electrons. The molecule has 1 N–H and O–H groups in total. The smallest absolute Gasteiger partial charge is 0.305 e. The van der Waals surface area contributed by atoms with Crippen molar-refractivity contribution in [2.24, 2.45) is 0 Å². The molecule has 0 bridgehead atoms. The van der Waals surface area contributed by atoms with Gasteiger partial charge in [-0.25, -0.2) is 5.21 Å². The molecule has 0 aromatic heterocycles. The van der Waals surface area contributed by atoms with Crippen LogP contribution >= 0.6 is 11.6 Å². The van der Waals surface area contributed by atoms with Crippen molar-refractivity contribution in [2.75, 3.05) is 14.1 Å². The molecule has 1 aromatic rings. The van der Waals surface area contributed by atoms with Gasteiger partial charge in [0.15, 0.2) is 0 Å². The van der Waals surface area contributed by atoms with Gasteiger partial charge in [-0.3, -0.25) is 0 Å². The highest BCUT2D eigenvalue weighted by molar-refractivity contribution is 6.31. The molecule has 0 saturated carbocycles. The number of hydrogen-bond donors (Lipinski definition) is 1. The number of hydrogen-bond acceptors (Lipinski definition) is 2. The molecule has 0 amide bonds. The summed E-state index contributed by atoms with van der Waals surface area (Å²) in [5, 5.41) is 9.11. The Morgan fingerprint density at radius 3 is 2.57 bits per heavy atom. The van der Waals surface area contributed by atoms with Crippen LogP contribution in [0.2, 0.25) is 5.02 Å². The lowest BCUT2D eigenvalue weighted by molar-refractivity contribution is -0.729. The maximum absolute atomic E-state index is 10.5. The Balaban J connectivity index is 2.95. The second kappa shape index (κ2) is 4.39. The van der Waals surface area contributed by atoms with Crippen LogP contribution in [0.1, 0.15) is 5.56 Å². The first kappa shape index (κ1) is 10.9. The minimum atomic E-state index is -0.203. The molecule has 1 rings (SSSR count). The van der Waals surface area contributed by atoms with E-state index in [9.17, 15) is 4.91 Å². The summed E-state index contributed by atoms with van der Waals surface area (Å²) >= 11 is 5.91. The second-order valence-electron chi connectivity index (χ2n) is 3.29. The standard InChI is InChI=1S/C9H12ClN2O2/c1-11(2)6-7-3-4-8(12(13)14)5-9(7)10/h3-5H,6H2,1-2H3,(H,13,14)/q+1. The summed E-state index contributed by atoms with van der Waals surface area (Å²) < 4.78 is 0. The Morgan fingerprint density at radius 1 is 1.50 bits per heavy atom. The summed E-state index contributed by atoms with van der Waals surface area (Å²) in [6.45, 7) is 0.698. The van der Waals surface area contributed by atoms with Crippen LogP contribution < -0.4 is 0 Å². The SMILES string of the molecule is CN(C)Cc1ccc([N+](=O)O)cc1Cl. The zero-order valence-corrected chi connectivity index (χ0v) is 8.82. The lowest BCUT2D eigenvalue weighted by Crippen LogP contribution is -2.11. The van der Waals surface area contributed by atoms with E-state index in [0.717, 1.165) is 5.56 Å². The van der Waals surface area contributed by atoms with Crippen molar-refractivity contribution < 1.29 is 10.1 Å². The van der Waals surface area contributed by atoms with Crippen LogP contribution in [0.4, 0.5) is 5.69 Å². The van der Waals surface area contributed by atoms with Crippen molar-refractivity contribution in [3.63, 3.8) is 0 Å². The molecule has 1 aromatic carbocycles. The van der Waals surface area contributed by atoms with Crippen molar-refractivity contribution >= 4 is 17.3 Å². The van der Waals surface area contributed by atoms with E-state index in [1.165, 1.54) is 12.1 Å². The number of halogens is 1. The highest BCUT2D eigenvalue weighted by Crippen LogP contribution is 2.22. The van der Waals surface area contributed by atoms with E-state index in [-0.39, 0.29) is 10.6 Å². The van der Waals surface area contributed by atoms with Gasteiger partial charge >= 0.3 is 5.69 Å². The maximum atomic E-state index is 10.5. The van der Waals surface area contributed by atoms with Gasteiger partial charge in [-0.15, -0.1) is 0 Å². The molecule has 0 fully saturated rings. The third-order valence-electron chi connectivity index (χ3n) is 1.74. The fourth-order valence-electron chi connectivity index (χ4n) is 1.12. The van der Waals surface area contributed by atoms with E-state index >= 15 is 0 Å². The molecular weight excluding hydrogens is 204 g/mol. The Bertz CT molecular complexity index is 353. The monoisotopic (exact) mass is 215 g/mol. The minimum Gasteiger partial charge on any atom is -0.305 e. The molecule has 0 unspecified atom stereocenters. The first-order chi connectivity index (χ1) is 6.50. The molecule has 5 heteroatoms. The quantitative estimate of drug-likeness (QED) is 0.787. The van der Waals surface area contributed by atoms with E-state index in [1.54, 1.807) is 6.07 Å². The highest BCUT2D eigenvalue weighted by atomic mass is 35.5. The first-order valence-corrected chi connectivity index (χ1v) is 4.48. The van der Waals surface area contributed by atoms with Gasteiger partial charge in [0.25, 0.3) is 4.92 Å². The predicted molar refractivity (Wildman–Crippen MR) is 53.9 cm³/mol.